The van der Waals surface area contributed by atoms with Gasteiger partial charge in [0.15, 0.2) is 0 Å². The molecule has 2 rings (SSSR count). The highest BCUT2D eigenvalue weighted by molar-refractivity contribution is 5.91. The minimum absolute atomic E-state index is 0.158. The zero-order valence-electron chi connectivity index (χ0n) is 14.7. The van der Waals surface area contributed by atoms with Crippen LogP contribution in [0.5, 0.6) is 0 Å². The van der Waals surface area contributed by atoms with Crippen LogP contribution in [0.25, 0.3) is 11.1 Å². The largest absolute Gasteiger partial charge is 0.468 e. The average molecular weight is 341 g/mol. The Bertz CT molecular complexity index is 738. The van der Waals surface area contributed by atoms with E-state index >= 15 is 0 Å². The lowest BCUT2D eigenvalue weighted by atomic mass is 9.99. The van der Waals surface area contributed by atoms with E-state index in [1.807, 2.05) is 50.2 Å². The van der Waals surface area contributed by atoms with Crippen LogP contribution >= 0.6 is 0 Å². The number of nitrogens with two attached hydrogens (primary N) is 1. The van der Waals surface area contributed by atoms with E-state index in [1.165, 1.54) is 7.11 Å². The van der Waals surface area contributed by atoms with Crippen molar-refractivity contribution < 1.29 is 19.1 Å². The van der Waals surface area contributed by atoms with Crippen LogP contribution in [0.4, 0.5) is 0 Å². The van der Waals surface area contributed by atoms with Gasteiger partial charge in [0.2, 0.25) is 0 Å². The first-order chi connectivity index (χ1) is 11.9. The summed E-state index contributed by atoms with van der Waals surface area (Å²) in [5.41, 5.74) is 9.12. The average Bonchev–Trinajstić information content (AvgIpc) is 2.61. The highest BCUT2D eigenvalue weighted by Gasteiger charge is 2.14. The van der Waals surface area contributed by atoms with Crippen molar-refractivity contribution in [3.8, 4) is 11.1 Å². The minimum Gasteiger partial charge on any atom is -0.468 e. The lowest BCUT2D eigenvalue weighted by Crippen LogP contribution is -2.33. The van der Waals surface area contributed by atoms with Crippen LogP contribution in [0.2, 0.25) is 0 Å². The number of hydrogen-bond acceptors (Lipinski definition) is 5. The number of carbonyl (C=O) groups excluding carboxylic acids is 2. The van der Waals surface area contributed by atoms with Gasteiger partial charge < -0.3 is 15.2 Å². The van der Waals surface area contributed by atoms with E-state index in [0.29, 0.717) is 12.0 Å². The third-order valence-corrected chi connectivity index (χ3v) is 3.69. The summed E-state index contributed by atoms with van der Waals surface area (Å²) < 4.78 is 9.86. The molecular weight excluding hydrogens is 318 g/mol. The van der Waals surface area contributed by atoms with Crippen LogP contribution in [0.1, 0.15) is 29.8 Å². The number of benzene rings is 2. The van der Waals surface area contributed by atoms with Gasteiger partial charge in [0.25, 0.3) is 0 Å². The summed E-state index contributed by atoms with van der Waals surface area (Å²) >= 11 is 0. The quantitative estimate of drug-likeness (QED) is 0.817. The molecule has 25 heavy (non-hydrogen) atoms. The number of hydrogen-bond donors (Lipinski definition) is 1. The fourth-order valence-electron chi connectivity index (χ4n) is 2.43. The molecule has 0 aliphatic carbocycles. The first-order valence-electron chi connectivity index (χ1n) is 8.14. The first-order valence-corrected chi connectivity index (χ1v) is 8.14. The lowest BCUT2D eigenvalue weighted by molar-refractivity contribution is -0.142. The third-order valence-electron chi connectivity index (χ3n) is 3.69. The van der Waals surface area contributed by atoms with Crippen LogP contribution in [-0.2, 0) is 20.7 Å². The molecule has 0 bridgehead atoms. The Hall–Kier alpha value is -2.66. The summed E-state index contributed by atoms with van der Waals surface area (Å²) in [6, 6.07) is 14.3. The molecule has 0 heterocycles. The summed E-state index contributed by atoms with van der Waals surface area (Å²) in [6.07, 6.45) is 0.253. The van der Waals surface area contributed by atoms with E-state index in [4.69, 9.17) is 10.5 Å². The van der Waals surface area contributed by atoms with Gasteiger partial charge in [-0.25, -0.2) is 4.79 Å². The van der Waals surface area contributed by atoms with E-state index in [-0.39, 0.29) is 12.1 Å². The van der Waals surface area contributed by atoms with Crippen molar-refractivity contribution in [2.45, 2.75) is 32.4 Å². The molecule has 132 valence electrons. The molecule has 0 aliphatic rings. The molecule has 2 aromatic rings. The third kappa shape index (κ3) is 5.16. The topological polar surface area (TPSA) is 78.6 Å². The fraction of sp³-hybridized carbons (Fsp3) is 0.300. The van der Waals surface area contributed by atoms with Crippen molar-refractivity contribution in [3.63, 3.8) is 0 Å². The molecule has 5 nitrogen and oxygen atoms in total. The molecule has 0 radical (unpaired) electrons. The lowest BCUT2D eigenvalue weighted by Gasteiger charge is -2.11. The number of carbonyl (C=O) groups is 2. The Kier molecular flexibility index (Phi) is 6.31. The molecule has 0 saturated carbocycles. The van der Waals surface area contributed by atoms with Crippen molar-refractivity contribution in [1.82, 2.24) is 0 Å². The zero-order chi connectivity index (χ0) is 18.4. The summed E-state index contributed by atoms with van der Waals surface area (Å²) in [7, 11) is 1.32. The monoisotopic (exact) mass is 341 g/mol. The Labute approximate surface area is 147 Å². The smallest absolute Gasteiger partial charge is 0.338 e. The van der Waals surface area contributed by atoms with E-state index in [0.717, 1.165) is 16.7 Å². The van der Waals surface area contributed by atoms with Gasteiger partial charge in [-0.05, 0) is 49.1 Å². The molecule has 0 saturated heterocycles. The Morgan fingerprint density at radius 3 is 2.32 bits per heavy atom. The molecule has 2 N–H and O–H groups in total. The Morgan fingerprint density at radius 2 is 1.72 bits per heavy atom. The highest BCUT2D eigenvalue weighted by Crippen LogP contribution is 2.22. The van der Waals surface area contributed by atoms with Gasteiger partial charge in [-0.1, -0.05) is 36.4 Å². The summed E-state index contributed by atoms with van der Waals surface area (Å²) in [5, 5.41) is 0. The van der Waals surface area contributed by atoms with Gasteiger partial charge in [0, 0.05) is 0 Å². The summed E-state index contributed by atoms with van der Waals surface area (Å²) in [6.45, 7) is 3.64. The molecule has 0 amide bonds. The second-order valence-corrected chi connectivity index (χ2v) is 6.07. The zero-order valence-corrected chi connectivity index (χ0v) is 14.7. The van der Waals surface area contributed by atoms with Crippen molar-refractivity contribution in [2.75, 3.05) is 7.11 Å². The van der Waals surface area contributed by atoms with Gasteiger partial charge in [-0.2, -0.15) is 0 Å². The highest BCUT2D eigenvalue weighted by atomic mass is 16.5. The second-order valence-electron chi connectivity index (χ2n) is 6.07. The van der Waals surface area contributed by atoms with Gasteiger partial charge in [0.1, 0.15) is 6.04 Å². The fourth-order valence-corrected chi connectivity index (χ4v) is 2.43. The molecule has 1 unspecified atom stereocenters. The molecule has 0 fully saturated rings. The first kappa shape index (κ1) is 18.7. The Balaban J connectivity index is 2.14. The maximum absolute atomic E-state index is 12.0. The van der Waals surface area contributed by atoms with Crippen molar-refractivity contribution in [3.05, 3.63) is 59.7 Å². The van der Waals surface area contributed by atoms with Gasteiger partial charge in [0.05, 0.1) is 18.8 Å². The van der Waals surface area contributed by atoms with Crippen molar-refractivity contribution in [1.29, 1.82) is 0 Å². The van der Waals surface area contributed by atoms with E-state index < -0.39 is 12.0 Å². The predicted octanol–water partition coefficient (Wildman–Crippen LogP) is 2.96. The van der Waals surface area contributed by atoms with Crippen LogP contribution in [0, 0.1) is 0 Å². The number of methoxy groups -OCH3 is 1. The SMILES string of the molecule is COC(=O)C(N)Cc1ccc(-c2cccc(C(=O)OC(C)C)c2)cc1. The molecule has 1 atom stereocenters. The standard InChI is InChI=1S/C20H23NO4/c1-13(2)25-19(22)17-6-4-5-16(12-17)15-9-7-14(8-10-15)11-18(21)20(23)24-3/h4-10,12-13,18H,11,21H2,1-3H3. The molecule has 0 spiro atoms. The van der Waals surface area contributed by atoms with Gasteiger partial charge in [-0.15, -0.1) is 0 Å². The van der Waals surface area contributed by atoms with E-state index in [9.17, 15) is 9.59 Å². The van der Waals surface area contributed by atoms with Crippen molar-refractivity contribution in [2.24, 2.45) is 5.73 Å². The summed E-state index contributed by atoms with van der Waals surface area (Å²) in [5.74, 6) is -0.766. The normalized spacial score (nSPS) is 11.9. The van der Waals surface area contributed by atoms with Crippen LogP contribution in [0.15, 0.2) is 48.5 Å². The molecule has 0 aromatic heterocycles. The summed E-state index contributed by atoms with van der Waals surface area (Å²) in [4.78, 5) is 23.4. The molecule has 5 heteroatoms. The molecular formula is C20H23NO4. The van der Waals surface area contributed by atoms with E-state index in [1.54, 1.807) is 12.1 Å². The maximum Gasteiger partial charge on any atom is 0.338 e. The van der Waals surface area contributed by atoms with Gasteiger partial charge in [-0.3, -0.25) is 4.79 Å². The number of ether oxygens (including phenoxy) is 2. The van der Waals surface area contributed by atoms with Crippen molar-refractivity contribution >= 4 is 11.9 Å². The number of rotatable bonds is 6. The van der Waals surface area contributed by atoms with E-state index in [2.05, 4.69) is 4.74 Å². The molecule has 0 aliphatic heterocycles. The Morgan fingerprint density at radius 1 is 1.04 bits per heavy atom. The minimum atomic E-state index is -0.676. The predicted molar refractivity (Wildman–Crippen MR) is 96.1 cm³/mol. The van der Waals surface area contributed by atoms with Crippen LogP contribution < -0.4 is 5.73 Å². The van der Waals surface area contributed by atoms with Crippen LogP contribution in [0.3, 0.4) is 0 Å². The van der Waals surface area contributed by atoms with Gasteiger partial charge >= 0.3 is 11.9 Å². The number of esters is 2. The van der Waals surface area contributed by atoms with Crippen LogP contribution in [-0.4, -0.2) is 31.2 Å². The molecule has 2 aromatic carbocycles. The second kappa shape index (κ2) is 8.44. The maximum atomic E-state index is 12.0.